The van der Waals surface area contributed by atoms with E-state index < -0.39 is 4.92 Å². The van der Waals surface area contributed by atoms with Crippen molar-refractivity contribution in [3.8, 4) is 6.07 Å². The van der Waals surface area contributed by atoms with Crippen LogP contribution in [0, 0.1) is 28.4 Å². The van der Waals surface area contributed by atoms with Crippen LogP contribution >= 0.6 is 0 Å². The molecule has 1 aromatic heterocycles. The number of nitro benzene ring substituents is 1. The summed E-state index contributed by atoms with van der Waals surface area (Å²) in [5, 5.41) is 23.3. The van der Waals surface area contributed by atoms with Crippen molar-refractivity contribution < 1.29 is 9.34 Å². The summed E-state index contributed by atoms with van der Waals surface area (Å²) in [7, 11) is 0. The molecule has 0 aliphatic rings. The summed E-state index contributed by atoms with van der Waals surface area (Å²) in [5.41, 5.74) is 3.14. The van der Waals surface area contributed by atoms with Crippen molar-refractivity contribution >= 4 is 17.8 Å². The van der Waals surface area contributed by atoms with Crippen LogP contribution in [0.4, 0.5) is 11.6 Å². The van der Waals surface area contributed by atoms with Gasteiger partial charge in [-0.05, 0) is 0 Å². The standard InChI is InChI=1S/C12H9N5O3/c1-8-15-11(6-13)12(20-8)16-14-7-9-3-2-4-10(5-9)17(18)19/h2-5,7,16H,1H3. The minimum absolute atomic E-state index is 0.0258. The monoisotopic (exact) mass is 271 g/mol. The third kappa shape index (κ3) is 2.97. The number of rotatable bonds is 4. The summed E-state index contributed by atoms with van der Waals surface area (Å²) in [5.74, 6) is 0.473. The van der Waals surface area contributed by atoms with E-state index in [1.165, 1.54) is 18.3 Å². The summed E-state index contributed by atoms with van der Waals surface area (Å²) in [4.78, 5) is 14.0. The maximum atomic E-state index is 10.6. The van der Waals surface area contributed by atoms with Gasteiger partial charge in [-0.15, -0.1) is 0 Å². The van der Waals surface area contributed by atoms with Crippen molar-refractivity contribution in [1.82, 2.24) is 4.98 Å². The fraction of sp³-hybridized carbons (Fsp3) is 0.0833. The van der Waals surface area contributed by atoms with Crippen LogP contribution in [-0.2, 0) is 0 Å². The highest BCUT2D eigenvalue weighted by Gasteiger charge is 2.09. The highest BCUT2D eigenvalue weighted by atomic mass is 16.6. The van der Waals surface area contributed by atoms with Crippen molar-refractivity contribution in [1.29, 1.82) is 5.26 Å². The van der Waals surface area contributed by atoms with Gasteiger partial charge in [-0.25, -0.2) is 10.4 Å². The number of hydrogen-bond acceptors (Lipinski definition) is 7. The van der Waals surface area contributed by atoms with Gasteiger partial charge in [-0.3, -0.25) is 10.1 Å². The average molecular weight is 271 g/mol. The van der Waals surface area contributed by atoms with Crippen molar-refractivity contribution in [2.75, 3.05) is 5.43 Å². The number of aryl methyl sites for hydroxylation is 1. The molecule has 0 unspecified atom stereocenters. The van der Waals surface area contributed by atoms with Gasteiger partial charge in [0.2, 0.25) is 5.69 Å². The predicted molar refractivity (Wildman–Crippen MR) is 70.3 cm³/mol. The normalized spacial score (nSPS) is 10.4. The fourth-order valence-corrected chi connectivity index (χ4v) is 1.46. The lowest BCUT2D eigenvalue weighted by Gasteiger charge is -1.95. The van der Waals surface area contributed by atoms with Crippen molar-refractivity contribution in [3.05, 3.63) is 51.5 Å². The van der Waals surface area contributed by atoms with E-state index in [1.807, 2.05) is 6.07 Å². The lowest BCUT2D eigenvalue weighted by Crippen LogP contribution is -1.93. The molecule has 0 amide bonds. The topological polar surface area (TPSA) is 117 Å². The van der Waals surface area contributed by atoms with E-state index in [2.05, 4.69) is 15.5 Å². The molecule has 0 spiro atoms. The van der Waals surface area contributed by atoms with Crippen LogP contribution in [0.25, 0.3) is 0 Å². The molecule has 2 aromatic rings. The van der Waals surface area contributed by atoms with Crippen LogP contribution in [0.2, 0.25) is 0 Å². The summed E-state index contributed by atoms with van der Waals surface area (Å²) >= 11 is 0. The maximum Gasteiger partial charge on any atom is 0.270 e. The van der Waals surface area contributed by atoms with Gasteiger partial charge in [-0.2, -0.15) is 10.4 Å². The SMILES string of the molecule is Cc1nc(C#N)c(NN=Cc2cccc([N+](=O)[O-])c2)o1. The Morgan fingerprint density at radius 2 is 2.40 bits per heavy atom. The molecule has 0 saturated carbocycles. The number of oxazole rings is 1. The zero-order chi connectivity index (χ0) is 14.5. The highest BCUT2D eigenvalue weighted by Crippen LogP contribution is 2.16. The number of hydrazone groups is 1. The number of benzene rings is 1. The average Bonchev–Trinajstić information content (AvgIpc) is 2.79. The smallest absolute Gasteiger partial charge is 0.270 e. The largest absolute Gasteiger partial charge is 0.422 e. The van der Waals surface area contributed by atoms with E-state index in [0.717, 1.165) is 0 Å². The molecule has 0 bridgehead atoms. The number of hydrogen-bond donors (Lipinski definition) is 1. The van der Waals surface area contributed by atoms with Crippen LogP contribution in [0.1, 0.15) is 17.1 Å². The zero-order valence-corrected chi connectivity index (χ0v) is 10.4. The molecule has 0 aliphatic carbocycles. The second-order valence-electron chi connectivity index (χ2n) is 3.74. The Morgan fingerprint density at radius 1 is 1.60 bits per heavy atom. The van der Waals surface area contributed by atoms with Crippen LogP contribution < -0.4 is 5.43 Å². The molecule has 100 valence electrons. The number of anilines is 1. The van der Waals surface area contributed by atoms with E-state index in [4.69, 9.17) is 9.68 Å². The maximum absolute atomic E-state index is 10.6. The molecule has 1 heterocycles. The van der Waals surface area contributed by atoms with Crippen LogP contribution in [0.3, 0.4) is 0 Å². The highest BCUT2D eigenvalue weighted by molar-refractivity contribution is 5.81. The van der Waals surface area contributed by atoms with Crippen molar-refractivity contribution in [2.45, 2.75) is 6.92 Å². The molecule has 8 heteroatoms. The minimum Gasteiger partial charge on any atom is -0.422 e. The van der Waals surface area contributed by atoms with Gasteiger partial charge in [0.05, 0.1) is 11.1 Å². The third-order valence-electron chi connectivity index (χ3n) is 2.30. The van der Waals surface area contributed by atoms with Crippen LogP contribution in [-0.4, -0.2) is 16.1 Å². The number of aromatic nitrogens is 1. The Kier molecular flexibility index (Phi) is 3.72. The van der Waals surface area contributed by atoms with E-state index in [0.29, 0.717) is 11.5 Å². The molecule has 1 N–H and O–H groups in total. The van der Waals surface area contributed by atoms with Gasteiger partial charge in [0, 0.05) is 24.6 Å². The van der Waals surface area contributed by atoms with E-state index in [1.54, 1.807) is 19.1 Å². The zero-order valence-electron chi connectivity index (χ0n) is 10.4. The van der Waals surface area contributed by atoms with Crippen molar-refractivity contribution in [3.63, 3.8) is 0 Å². The third-order valence-corrected chi connectivity index (χ3v) is 2.30. The van der Waals surface area contributed by atoms with E-state index >= 15 is 0 Å². The van der Waals surface area contributed by atoms with E-state index in [9.17, 15) is 10.1 Å². The first-order valence-electron chi connectivity index (χ1n) is 5.51. The van der Waals surface area contributed by atoms with Gasteiger partial charge in [0.1, 0.15) is 6.07 Å². The number of nitrogens with one attached hydrogen (secondary N) is 1. The van der Waals surface area contributed by atoms with Gasteiger partial charge in [0.15, 0.2) is 5.89 Å². The summed E-state index contributed by atoms with van der Waals surface area (Å²) in [6.45, 7) is 1.61. The van der Waals surface area contributed by atoms with Gasteiger partial charge < -0.3 is 4.42 Å². The summed E-state index contributed by atoms with van der Waals surface area (Å²) in [6.07, 6.45) is 1.38. The molecular formula is C12H9N5O3. The van der Waals surface area contributed by atoms with E-state index in [-0.39, 0.29) is 17.3 Å². The lowest BCUT2D eigenvalue weighted by atomic mass is 10.2. The minimum atomic E-state index is -0.488. The quantitative estimate of drug-likeness (QED) is 0.517. The first kappa shape index (κ1) is 13.2. The van der Waals surface area contributed by atoms with Crippen LogP contribution in [0.5, 0.6) is 0 Å². The molecule has 0 aliphatic heterocycles. The Bertz CT molecular complexity index is 714. The number of non-ortho nitro benzene ring substituents is 1. The Labute approximate surface area is 113 Å². The predicted octanol–water partition coefficient (Wildman–Crippen LogP) is 2.21. The molecule has 8 nitrogen and oxygen atoms in total. The Morgan fingerprint density at radius 3 is 3.10 bits per heavy atom. The summed E-state index contributed by atoms with van der Waals surface area (Å²) in [6, 6.07) is 7.84. The fourth-order valence-electron chi connectivity index (χ4n) is 1.46. The summed E-state index contributed by atoms with van der Waals surface area (Å²) < 4.78 is 5.14. The molecule has 1 aromatic carbocycles. The molecular weight excluding hydrogens is 262 g/mol. The molecule has 0 radical (unpaired) electrons. The Hall–Kier alpha value is -3.21. The molecule has 0 saturated heterocycles. The first-order chi connectivity index (χ1) is 9.60. The van der Waals surface area contributed by atoms with Gasteiger partial charge in [0.25, 0.3) is 11.6 Å². The molecule has 20 heavy (non-hydrogen) atoms. The Balaban J connectivity index is 2.12. The van der Waals surface area contributed by atoms with Gasteiger partial charge >= 0.3 is 0 Å². The second-order valence-corrected chi connectivity index (χ2v) is 3.74. The number of nitriles is 1. The molecule has 0 atom stereocenters. The second kappa shape index (κ2) is 5.62. The van der Waals surface area contributed by atoms with Crippen LogP contribution in [0.15, 0.2) is 33.8 Å². The molecule has 0 fully saturated rings. The lowest BCUT2D eigenvalue weighted by molar-refractivity contribution is -0.384. The first-order valence-corrected chi connectivity index (χ1v) is 5.51. The van der Waals surface area contributed by atoms with Crippen molar-refractivity contribution in [2.24, 2.45) is 5.10 Å². The molecule has 2 rings (SSSR count). The number of nitro groups is 1. The van der Waals surface area contributed by atoms with Gasteiger partial charge in [-0.1, -0.05) is 12.1 Å². The number of nitrogens with zero attached hydrogens (tertiary/aromatic N) is 4.